The summed E-state index contributed by atoms with van der Waals surface area (Å²) in [5.41, 5.74) is 0. The molecule has 0 saturated heterocycles. The summed E-state index contributed by atoms with van der Waals surface area (Å²) in [7, 11) is 0. The molecule has 4 heteroatoms. The molecule has 0 aliphatic heterocycles. The first-order chi connectivity index (χ1) is 7.75. The molecule has 0 saturated carbocycles. The Balaban J connectivity index is 2.01. The number of imidazole rings is 1. The predicted molar refractivity (Wildman–Crippen MR) is 67.6 cm³/mol. The predicted octanol–water partition coefficient (Wildman–Crippen LogP) is 2.49. The number of nitrogens with zero attached hydrogens (tertiary/aromatic N) is 2. The summed E-state index contributed by atoms with van der Waals surface area (Å²) < 4.78 is 2.20. The van der Waals surface area contributed by atoms with Gasteiger partial charge in [0.05, 0.1) is 13.1 Å². The van der Waals surface area contributed by atoms with Gasteiger partial charge in [0.15, 0.2) is 0 Å². The molecule has 0 unspecified atom stereocenters. The Kier molecular flexibility index (Phi) is 3.74. The molecule has 2 rings (SSSR count). The minimum Gasteiger partial charge on any atom is -0.329 e. The first-order valence-corrected chi connectivity index (χ1v) is 6.39. The van der Waals surface area contributed by atoms with Crippen LogP contribution in [0.5, 0.6) is 0 Å². The van der Waals surface area contributed by atoms with Gasteiger partial charge < -0.3 is 9.88 Å². The van der Waals surface area contributed by atoms with Crippen molar-refractivity contribution in [2.75, 3.05) is 0 Å². The molecule has 0 radical (unpaired) electrons. The van der Waals surface area contributed by atoms with Crippen LogP contribution in [0, 0.1) is 0 Å². The molecule has 0 aromatic carbocycles. The highest BCUT2D eigenvalue weighted by molar-refractivity contribution is 7.09. The van der Waals surface area contributed by atoms with Crippen molar-refractivity contribution in [1.82, 2.24) is 14.9 Å². The molecule has 2 heterocycles. The van der Waals surface area contributed by atoms with Gasteiger partial charge in [0.25, 0.3) is 0 Å². The topological polar surface area (TPSA) is 29.9 Å². The molecule has 2 aromatic heterocycles. The molecule has 0 fully saturated rings. The average molecular weight is 235 g/mol. The Hall–Kier alpha value is -1.13. The van der Waals surface area contributed by atoms with E-state index in [2.05, 4.69) is 46.2 Å². The van der Waals surface area contributed by atoms with Crippen molar-refractivity contribution in [1.29, 1.82) is 0 Å². The molecule has 86 valence electrons. The molecule has 0 amide bonds. The lowest BCUT2D eigenvalue weighted by atomic mass is 10.4. The lowest BCUT2D eigenvalue weighted by Crippen LogP contribution is -2.24. The zero-order valence-electron chi connectivity index (χ0n) is 9.68. The van der Waals surface area contributed by atoms with Gasteiger partial charge in [0, 0.05) is 23.3 Å². The fourth-order valence-corrected chi connectivity index (χ4v) is 2.22. The number of nitrogens with one attached hydrogen (secondary N) is 1. The zero-order valence-corrected chi connectivity index (χ0v) is 10.5. The molecule has 0 atom stereocenters. The largest absolute Gasteiger partial charge is 0.329 e. The minimum atomic E-state index is 0.492. The van der Waals surface area contributed by atoms with Crippen molar-refractivity contribution in [3.63, 3.8) is 0 Å². The molecule has 0 spiro atoms. The summed E-state index contributed by atoms with van der Waals surface area (Å²) in [5, 5.41) is 5.50. The second-order valence-corrected chi connectivity index (χ2v) is 5.12. The van der Waals surface area contributed by atoms with E-state index in [1.54, 1.807) is 11.3 Å². The average Bonchev–Trinajstić information content (AvgIpc) is 2.87. The Morgan fingerprint density at radius 1 is 1.50 bits per heavy atom. The van der Waals surface area contributed by atoms with Gasteiger partial charge in [-0.15, -0.1) is 11.3 Å². The third-order valence-electron chi connectivity index (χ3n) is 2.38. The van der Waals surface area contributed by atoms with E-state index < -0.39 is 0 Å². The molecule has 0 aliphatic carbocycles. The molecule has 16 heavy (non-hydrogen) atoms. The lowest BCUT2D eigenvalue weighted by molar-refractivity contribution is 0.555. The molecule has 0 aliphatic rings. The summed E-state index contributed by atoms with van der Waals surface area (Å²) >= 11 is 1.79. The number of aromatic nitrogens is 2. The summed E-state index contributed by atoms with van der Waals surface area (Å²) in [6, 6.07) is 4.74. The van der Waals surface area contributed by atoms with Crippen molar-refractivity contribution in [2.24, 2.45) is 0 Å². The quantitative estimate of drug-likeness (QED) is 0.863. The van der Waals surface area contributed by atoms with Crippen LogP contribution < -0.4 is 5.32 Å². The highest BCUT2D eigenvalue weighted by Gasteiger charge is 2.04. The Morgan fingerprint density at radius 2 is 2.38 bits per heavy atom. The van der Waals surface area contributed by atoms with Crippen molar-refractivity contribution in [2.45, 2.75) is 33.0 Å². The highest BCUT2D eigenvalue weighted by Crippen LogP contribution is 2.11. The standard InChI is InChI=1S/C12H17N3S/c1-10(2)14-8-12-13-5-6-15(12)9-11-4-3-7-16-11/h3-7,10,14H,8-9H2,1-2H3. The van der Waals surface area contributed by atoms with Crippen LogP contribution in [0.4, 0.5) is 0 Å². The summed E-state index contributed by atoms with van der Waals surface area (Å²) in [6.45, 7) is 6.04. The van der Waals surface area contributed by atoms with Crippen LogP contribution in [0.25, 0.3) is 0 Å². The zero-order chi connectivity index (χ0) is 11.4. The van der Waals surface area contributed by atoms with Gasteiger partial charge in [0.2, 0.25) is 0 Å². The van der Waals surface area contributed by atoms with E-state index in [1.165, 1.54) is 4.88 Å². The van der Waals surface area contributed by atoms with Crippen LogP contribution in [0.15, 0.2) is 29.9 Å². The maximum absolute atomic E-state index is 4.37. The van der Waals surface area contributed by atoms with E-state index in [9.17, 15) is 0 Å². The van der Waals surface area contributed by atoms with Crippen LogP contribution in [-0.4, -0.2) is 15.6 Å². The van der Waals surface area contributed by atoms with Crippen LogP contribution >= 0.6 is 11.3 Å². The van der Waals surface area contributed by atoms with Gasteiger partial charge in [-0.05, 0) is 11.4 Å². The highest BCUT2D eigenvalue weighted by atomic mass is 32.1. The minimum absolute atomic E-state index is 0.492. The maximum Gasteiger partial charge on any atom is 0.122 e. The van der Waals surface area contributed by atoms with Gasteiger partial charge in [-0.2, -0.15) is 0 Å². The summed E-state index contributed by atoms with van der Waals surface area (Å²) in [6.07, 6.45) is 3.90. The second-order valence-electron chi connectivity index (χ2n) is 4.09. The van der Waals surface area contributed by atoms with E-state index in [4.69, 9.17) is 0 Å². The molecule has 2 aromatic rings. The van der Waals surface area contributed by atoms with Gasteiger partial charge >= 0.3 is 0 Å². The Labute approximate surface area is 100 Å². The third-order valence-corrected chi connectivity index (χ3v) is 3.24. The molecular weight excluding hydrogens is 218 g/mol. The molecular formula is C12H17N3S. The van der Waals surface area contributed by atoms with E-state index in [0.29, 0.717) is 6.04 Å². The summed E-state index contributed by atoms with van der Waals surface area (Å²) in [5.74, 6) is 1.10. The summed E-state index contributed by atoms with van der Waals surface area (Å²) in [4.78, 5) is 5.74. The van der Waals surface area contributed by atoms with Gasteiger partial charge in [-0.1, -0.05) is 19.9 Å². The lowest BCUT2D eigenvalue weighted by Gasteiger charge is -2.09. The first kappa shape index (κ1) is 11.4. The fraction of sp³-hybridized carbons (Fsp3) is 0.417. The number of hydrogen-bond donors (Lipinski definition) is 1. The first-order valence-electron chi connectivity index (χ1n) is 5.51. The fourth-order valence-electron chi connectivity index (χ4n) is 1.52. The van der Waals surface area contributed by atoms with Crippen molar-refractivity contribution in [3.8, 4) is 0 Å². The number of thiophene rings is 1. The van der Waals surface area contributed by atoms with E-state index in [0.717, 1.165) is 18.9 Å². The van der Waals surface area contributed by atoms with Crippen LogP contribution in [-0.2, 0) is 13.1 Å². The normalized spacial score (nSPS) is 11.2. The Morgan fingerprint density at radius 3 is 3.06 bits per heavy atom. The van der Waals surface area contributed by atoms with Gasteiger partial charge in [-0.3, -0.25) is 0 Å². The van der Waals surface area contributed by atoms with Gasteiger partial charge in [-0.25, -0.2) is 4.98 Å². The van der Waals surface area contributed by atoms with Crippen LogP contribution in [0.3, 0.4) is 0 Å². The molecule has 1 N–H and O–H groups in total. The molecule has 3 nitrogen and oxygen atoms in total. The van der Waals surface area contributed by atoms with E-state index in [1.807, 2.05) is 12.4 Å². The van der Waals surface area contributed by atoms with Crippen LogP contribution in [0.1, 0.15) is 24.5 Å². The van der Waals surface area contributed by atoms with Crippen LogP contribution in [0.2, 0.25) is 0 Å². The monoisotopic (exact) mass is 235 g/mol. The second kappa shape index (κ2) is 5.27. The van der Waals surface area contributed by atoms with Gasteiger partial charge in [0.1, 0.15) is 5.82 Å². The third kappa shape index (κ3) is 2.93. The SMILES string of the molecule is CC(C)NCc1nccn1Cc1cccs1. The van der Waals surface area contributed by atoms with Crippen molar-refractivity contribution in [3.05, 3.63) is 40.6 Å². The maximum atomic E-state index is 4.37. The Bertz CT molecular complexity index is 417. The number of rotatable bonds is 5. The smallest absolute Gasteiger partial charge is 0.122 e. The molecule has 0 bridgehead atoms. The van der Waals surface area contributed by atoms with E-state index in [-0.39, 0.29) is 0 Å². The number of hydrogen-bond acceptors (Lipinski definition) is 3. The van der Waals surface area contributed by atoms with E-state index >= 15 is 0 Å². The van der Waals surface area contributed by atoms with Crippen molar-refractivity contribution >= 4 is 11.3 Å². The van der Waals surface area contributed by atoms with Crippen molar-refractivity contribution < 1.29 is 0 Å².